The predicted octanol–water partition coefficient (Wildman–Crippen LogP) is 2.90. The molecule has 0 saturated carbocycles. The van der Waals surface area contributed by atoms with Crippen LogP contribution in [0.3, 0.4) is 0 Å². The SMILES string of the molecule is COc1ccc(C)cc1S(=O)(=O)N(C)CC(=O)NN=Cc1ccc(C(C)C)cc1. The van der Waals surface area contributed by atoms with Crippen LogP contribution in [0.2, 0.25) is 0 Å². The van der Waals surface area contributed by atoms with Crippen molar-refractivity contribution in [1.29, 1.82) is 0 Å². The van der Waals surface area contributed by atoms with Gasteiger partial charge in [-0.3, -0.25) is 4.79 Å². The van der Waals surface area contributed by atoms with Gasteiger partial charge in [0, 0.05) is 7.05 Å². The van der Waals surface area contributed by atoms with Crippen molar-refractivity contribution >= 4 is 22.1 Å². The predicted molar refractivity (Wildman–Crippen MR) is 114 cm³/mol. The monoisotopic (exact) mass is 417 g/mol. The molecule has 2 rings (SSSR count). The summed E-state index contributed by atoms with van der Waals surface area (Å²) in [5, 5.41) is 3.90. The van der Waals surface area contributed by atoms with E-state index in [1.807, 2.05) is 24.3 Å². The zero-order chi connectivity index (χ0) is 21.6. The third-order valence-electron chi connectivity index (χ3n) is 4.38. The van der Waals surface area contributed by atoms with E-state index < -0.39 is 15.9 Å². The van der Waals surface area contributed by atoms with Crippen LogP contribution in [0.4, 0.5) is 0 Å². The standard InChI is InChI=1S/C21H27N3O4S/c1-15(2)18-9-7-17(8-10-18)13-22-23-21(25)14-24(4)29(26,27)20-12-16(3)6-11-19(20)28-5/h6-13,15H,14H2,1-5H3,(H,23,25). The third-order valence-corrected chi connectivity index (χ3v) is 6.20. The maximum atomic E-state index is 12.8. The number of likely N-dealkylation sites (N-methyl/N-ethyl adjacent to an activating group) is 1. The van der Waals surface area contributed by atoms with Gasteiger partial charge in [-0.05, 0) is 41.7 Å². The summed E-state index contributed by atoms with van der Waals surface area (Å²) in [6.45, 7) is 5.64. The molecule has 0 aliphatic heterocycles. The van der Waals surface area contributed by atoms with Gasteiger partial charge in [0.1, 0.15) is 10.6 Å². The molecule has 8 heteroatoms. The number of hydrazone groups is 1. The van der Waals surface area contributed by atoms with Gasteiger partial charge in [-0.2, -0.15) is 9.41 Å². The molecule has 0 unspecified atom stereocenters. The third kappa shape index (κ3) is 5.88. The molecule has 0 fully saturated rings. The summed E-state index contributed by atoms with van der Waals surface area (Å²) in [6, 6.07) is 12.7. The molecule has 0 saturated heterocycles. The first-order valence-electron chi connectivity index (χ1n) is 9.18. The van der Waals surface area contributed by atoms with Crippen molar-refractivity contribution in [2.24, 2.45) is 5.10 Å². The number of nitrogens with one attached hydrogen (secondary N) is 1. The van der Waals surface area contributed by atoms with Crippen LogP contribution in [-0.4, -0.2) is 45.5 Å². The minimum Gasteiger partial charge on any atom is -0.495 e. The highest BCUT2D eigenvalue weighted by molar-refractivity contribution is 7.89. The molecule has 2 aromatic rings. The van der Waals surface area contributed by atoms with Crippen molar-refractivity contribution in [1.82, 2.24) is 9.73 Å². The van der Waals surface area contributed by atoms with Gasteiger partial charge in [0.25, 0.3) is 5.91 Å². The minimum absolute atomic E-state index is 0.0176. The number of ether oxygens (including phenoxy) is 1. The first kappa shape index (κ1) is 22.6. The van der Waals surface area contributed by atoms with Crippen molar-refractivity contribution in [2.45, 2.75) is 31.6 Å². The molecule has 1 N–H and O–H groups in total. The first-order valence-corrected chi connectivity index (χ1v) is 10.6. The van der Waals surface area contributed by atoms with Crippen LogP contribution < -0.4 is 10.2 Å². The van der Waals surface area contributed by atoms with Gasteiger partial charge in [0.05, 0.1) is 19.9 Å². The Morgan fingerprint density at radius 1 is 1.21 bits per heavy atom. The first-order chi connectivity index (χ1) is 13.6. The molecule has 0 bridgehead atoms. The van der Waals surface area contributed by atoms with E-state index in [1.54, 1.807) is 19.1 Å². The molecular formula is C21H27N3O4S. The van der Waals surface area contributed by atoms with E-state index in [1.165, 1.54) is 32.0 Å². The average Bonchev–Trinajstić information content (AvgIpc) is 2.68. The van der Waals surface area contributed by atoms with Gasteiger partial charge >= 0.3 is 0 Å². The van der Waals surface area contributed by atoms with E-state index in [0.717, 1.165) is 15.4 Å². The summed E-state index contributed by atoms with van der Waals surface area (Å²) in [7, 11) is -1.15. The number of hydrogen-bond donors (Lipinski definition) is 1. The lowest BCUT2D eigenvalue weighted by Crippen LogP contribution is -2.36. The van der Waals surface area contributed by atoms with E-state index in [0.29, 0.717) is 5.92 Å². The summed E-state index contributed by atoms with van der Waals surface area (Å²) in [5.41, 5.74) is 5.18. The highest BCUT2D eigenvalue weighted by atomic mass is 32.2. The zero-order valence-corrected chi connectivity index (χ0v) is 18.2. The van der Waals surface area contributed by atoms with Crippen LogP contribution >= 0.6 is 0 Å². The van der Waals surface area contributed by atoms with Gasteiger partial charge in [-0.15, -0.1) is 0 Å². The van der Waals surface area contributed by atoms with Gasteiger partial charge in [0.15, 0.2) is 0 Å². The Bertz CT molecular complexity index is 983. The molecule has 0 aromatic heterocycles. The number of carbonyl (C=O) groups excluding carboxylic acids is 1. The quantitative estimate of drug-likeness (QED) is 0.528. The van der Waals surface area contributed by atoms with Crippen molar-refractivity contribution in [3.05, 3.63) is 59.2 Å². The number of nitrogens with zero attached hydrogens (tertiary/aromatic N) is 2. The highest BCUT2D eigenvalue weighted by Crippen LogP contribution is 2.27. The second kappa shape index (κ2) is 9.67. The number of rotatable bonds is 8. The topological polar surface area (TPSA) is 88.1 Å². The fraction of sp³-hybridized carbons (Fsp3) is 0.333. The van der Waals surface area contributed by atoms with Crippen LogP contribution in [0.15, 0.2) is 52.5 Å². The van der Waals surface area contributed by atoms with Crippen LogP contribution in [-0.2, 0) is 14.8 Å². The van der Waals surface area contributed by atoms with Gasteiger partial charge < -0.3 is 4.74 Å². The molecule has 0 spiro atoms. The number of sulfonamides is 1. The van der Waals surface area contributed by atoms with Crippen LogP contribution in [0.5, 0.6) is 5.75 Å². The summed E-state index contributed by atoms with van der Waals surface area (Å²) in [4.78, 5) is 12.1. The number of amides is 1. The Labute approximate surface area is 172 Å². The molecule has 0 aliphatic rings. The summed E-state index contributed by atoms with van der Waals surface area (Å²) >= 11 is 0. The molecule has 0 radical (unpaired) electrons. The number of aryl methyl sites for hydroxylation is 1. The molecular weight excluding hydrogens is 390 g/mol. The van der Waals surface area contributed by atoms with Gasteiger partial charge in [-0.25, -0.2) is 13.8 Å². The maximum Gasteiger partial charge on any atom is 0.255 e. The molecule has 0 heterocycles. The fourth-order valence-corrected chi connectivity index (χ4v) is 3.99. The van der Waals surface area contributed by atoms with Gasteiger partial charge in [-0.1, -0.05) is 44.2 Å². The van der Waals surface area contributed by atoms with Crippen molar-refractivity contribution in [3.63, 3.8) is 0 Å². The zero-order valence-electron chi connectivity index (χ0n) is 17.3. The second-order valence-corrected chi connectivity index (χ2v) is 9.04. The normalized spacial score (nSPS) is 12.0. The Kier molecular flexibility index (Phi) is 7.53. The molecule has 1 amide bonds. The Morgan fingerprint density at radius 3 is 2.45 bits per heavy atom. The molecule has 0 atom stereocenters. The molecule has 0 aliphatic carbocycles. The van der Waals surface area contributed by atoms with Crippen molar-refractivity contribution in [2.75, 3.05) is 20.7 Å². The largest absolute Gasteiger partial charge is 0.495 e. The van der Waals surface area contributed by atoms with E-state index in [9.17, 15) is 13.2 Å². The van der Waals surface area contributed by atoms with E-state index >= 15 is 0 Å². The van der Waals surface area contributed by atoms with Gasteiger partial charge in [0.2, 0.25) is 10.0 Å². The summed E-state index contributed by atoms with van der Waals surface area (Å²) in [5.74, 6) is 0.119. The molecule has 29 heavy (non-hydrogen) atoms. The van der Waals surface area contributed by atoms with Crippen LogP contribution in [0.25, 0.3) is 0 Å². The lowest BCUT2D eigenvalue weighted by molar-refractivity contribution is -0.121. The van der Waals surface area contributed by atoms with E-state index in [2.05, 4.69) is 24.4 Å². The summed E-state index contributed by atoms with van der Waals surface area (Å²) < 4.78 is 31.7. The highest BCUT2D eigenvalue weighted by Gasteiger charge is 2.26. The molecule has 7 nitrogen and oxygen atoms in total. The fourth-order valence-electron chi connectivity index (χ4n) is 2.62. The molecule has 2 aromatic carbocycles. The van der Waals surface area contributed by atoms with Crippen molar-refractivity contribution in [3.8, 4) is 5.75 Å². The van der Waals surface area contributed by atoms with Crippen LogP contribution in [0, 0.1) is 6.92 Å². The second-order valence-electron chi connectivity index (χ2n) is 7.03. The van der Waals surface area contributed by atoms with Crippen molar-refractivity contribution < 1.29 is 17.9 Å². The molecule has 156 valence electrons. The minimum atomic E-state index is -3.89. The van der Waals surface area contributed by atoms with E-state index in [-0.39, 0.29) is 17.2 Å². The average molecular weight is 418 g/mol. The lowest BCUT2D eigenvalue weighted by Gasteiger charge is -2.18. The number of methoxy groups -OCH3 is 1. The number of benzene rings is 2. The maximum absolute atomic E-state index is 12.8. The van der Waals surface area contributed by atoms with E-state index in [4.69, 9.17) is 4.74 Å². The Balaban J connectivity index is 2.02. The van der Waals surface area contributed by atoms with Crippen LogP contribution in [0.1, 0.15) is 36.5 Å². The smallest absolute Gasteiger partial charge is 0.255 e. The lowest BCUT2D eigenvalue weighted by atomic mass is 10.0. The Morgan fingerprint density at radius 2 is 1.86 bits per heavy atom. The Hall–Kier alpha value is -2.71. The number of carbonyl (C=O) groups is 1. The number of hydrogen-bond acceptors (Lipinski definition) is 5. The summed E-state index contributed by atoms with van der Waals surface area (Å²) in [6.07, 6.45) is 1.51.